The smallest absolute Gasteiger partial charge is 0.00805 e. The summed E-state index contributed by atoms with van der Waals surface area (Å²) < 4.78 is 0. The van der Waals surface area contributed by atoms with Gasteiger partial charge in [-0.1, -0.05) is 32.6 Å². The molecule has 1 nitrogen and oxygen atoms in total. The molecule has 3 rings (SSSR count). The molecule has 5 atom stereocenters. The molecule has 3 aliphatic rings. The summed E-state index contributed by atoms with van der Waals surface area (Å²) in [5.41, 5.74) is 0. The summed E-state index contributed by atoms with van der Waals surface area (Å²) in [5.74, 6) is 3.46. The average molecular weight is 282 g/mol. The molecule has 0 aromatic heterocycles. The van der Waals surface area contributed by atoms with Gasteiger partial charge < -0.3 is 5.32 Å². The maximum absolute atomic E-state index is 4.03. The van der Waals surface area contributed by atoms with Gasteiger partial charge in [-0.3, -0.25) is 0 Å². The third kappa shape index (κ3) is 3.69. The second-order valence-electron chi connectivity index (χ2n) is 7.07. The first-order valence-corrected chi connectivity index (χ1v) is 9.77. The maximum Gasteiger partial charge on any atom is 0.00805 e. The van der Waals surface area contributed by atoms with Gasteiger partial charge in [-0.15, -0.1) is 0 Å². The molecule has 0 aromatic rings. The number of thioether (sulfide) groups is 1. The van der Waals surface area contributed by atoms with Gasteiger partial charge in [0.05, 0.1) is 0 Å². The Labute approximate surface area is 123 Å². The zero-order chi connectivity index (χ0) is 13.1. The fraction of sp³-hybridized carbons (Fsp3) is 1.00. The van der Waals surface area contributed by atoms with E-state index in [9.17, 15) is 0 Å². The molecule has 0 aliphatic heterocycles. The van der Waals surface area contributed by atoms with Crippen molar-refractivity contribution >= 4 is 11.8 Å². The van der Waals surface area contributed by atoms with Crippen molar-refractivity contribution in [3.8, 4) is 0 Å². The zero-order valence-electron chi connectivity index (χ0n) is 12.6. The monoisotopic (exact) mass is 281 g/mol. The Morgan fingerprint density at radius 2 is 1.58 bits per heavy atom. The van der Waals surface area contributed by atoms with Crippen LogP contribution in [0.4, 0.5) is 0 Å². The molecular formula is C17H31NS. The molecule has 110 valence electrons. The van der Waals surface area contributed by atoms with E-state index in [-0.39, 0.29) is 0 Å². The number of hydrogen-bond donors (Lipinski definition) is 1. The molecule has 0 radical (unpaired) electrons. The van der Waals surface area contributed by atoms with E-state index in [1.165, 1.54) is 70.0 Å². The van der Waals surface area contributed by atoms with Crippen LogP contribution < -0.4 is 5.32 Å². The third-order valence-electron chi connectivity index (χ3n) is 5.80. The standard InChI is InChI=1S/C17H31NS/c1-2-19-17-10-9-16(12-17)18-15-8-7-13-5-3-4-6-14(13)11-15/h13-18H,2-12H2,1H3. The first-order chi connectivity index (χ1) is 9.35. The van der Waals surface area contributed by atoms with Gasteiger partial charge >= 0.3 is 0 Å². The first-order valence-electron chi connectivity index (χ1n) is 8.72. The lowest BCUT2D eigenvalue weighted by atomic mass is 9.69. The van der Waals surface area contributed by atoms with Crippen molar-refractivity contribution in [2.75, 3.05) is 5.75 Å². The van der Waals surface area contributed by atoms with Crippen LogP contribution in [0.1, 0.15) is 71.1 Å². The van der Waals surface area contributed by atoms with Gasteiger partial charge in [0.1, 0.15) is 0 Å². The van der Waals surface area contributed by atoms with E-state index in [0.717, 1.165) is 29.2 Å². The molecule has 1 N–H and O–H groups in total. The molecule has 3 saturated carbocycles. The van der Waals surface area contributed by atoms with Gasteiger partial charge in [-0.2, -0.15) is 11.8 Å². The number of fused-ring (bicyclic) bond motifs is 1. The topological polar surface area (TPSA) is 12.0 Å². The van der Waals surface area contributed by atoms with Crippen molar-refractivity contribution in [1.82, 2.24) is 5.32 Å². The van der Waals surface area contributed by atoms with Crippen molar-refractivity contribution in [1.29, 1.82) is 0 Å². The molecule has 0 heterocycles. The summed E-state index contributed by atoms with van der Waals surface area (Å²) in [4.78, 5) is 0. The Hall–Kier alpha value is 0.310. The highest BCUT2D eigenvalue weighted by Crippen LogP contribution is 2.41. The predicted molar refractivity (Wildman–Crippen MR) is 85.8 cm³/mol. The van der Waals surface area contributed by atoms with Gasteiger partial charge in [0.25, 0.3) is 0 Å². The molecular weight excluding hydrogens is 250 g/mol. The quantitative estimate of drug-likeness (QED) is 0.807. The van der Waals surface area contributed by atoms with Crippen molar-refractivity contribution < 1.29 is 0 Å². The highest BCUT2D eigenvalue weighted by molar-refractivity contribution is 7.99. The van der Waals surface area contributed by atoms with Crippen molar-refractivity contribution in [2.24, 2.45) is 11.8 Å². The lowest BCUT2D eigenvalue weighted by Gasteiger charge is -2.40. The highest BCUT2D eigenvalue weighted by atomic mass is 32.2. The Bertz CT molecular complexity index is 280. The van der Waals surface area contributed by atoms with Crippen LogP contribution >= 0.6 is 11.8 Å². The fourth-order valence-corrected chi connectivity index (χ4v) is 5.98. The van der Waals surface area contributed by atoms with E-state index in [0.29, 0.717) is 0 Å². The van der Waals surface area contributed by atoms with Gasteiger partial charge in [0.15, 0.2) is 0 Å². The second kappa shape index (κ2) is 6.85. The summed E-state index contributed by atoms with van der Waals surface area (Å²) in [5, 5.41) is 4.98. The average Bonchev–Trinajstić information content (AvgIpc) is 2.86. The Morgan fingerprint density at radius 1 is 0.842 bits per heavy atom. The van der Waals surface area contributed by atoms with Crippen molar-refractivity contribution in [3.63, 3.8) is 0 Å². The van der Waals surface area contributed by atoms with Crippen LogP contribution in [-0.4, -0.2) is 23.1 Å². The first kappa shape index (κ1) is 14.3. The molecule has 0 aromatic carbocycles. The second-order valence-corrected chi connectivity index (χ2v) is 8.65. The summed E-state index contributed by atoms with van der Waals surface area (Å²) >= 11 is 2.18. The largest absolute Gasteiger partial charge is 0.311 e. The summed E-state index contributed by atoms with van der Waals surface area (Å²) in [6.45, 7) is 2.30. The van der Waals surface area contributed by atoms with E-state index >= 15 is 0 Å². The molecule has 3 aliphatic carbocycles. The number of hydrogen-bond acceptors (Lipinski definition) is 2. The molecule has 0 spiro atoms. The maximum atomic E-state index is 4.03. The lowest BCUT2D eigenvalue weighted by molar-refractivity contribution is 0.138. The number of rotatable bonds is 4. The molecule has 0 bridgehead atoms. The van der Waals surface area contributed by atoms with Crippen LogP contribution in [0.2, 0.25) is 0 Å². The van der Waals surface area contributed by atoms with E-state index in [4.69, 9.17) is 0 Å². The van der Waals surface area contributed by atoms with Gasteiger partial charge in [-0.05, 0) is 56.1 Å². The Kier molecular flexibility index (Phi) is 5.14. The van der Waals surface area contributed by atoms with Gasteiger partial charge in [0, 0.05) is 17.3 Å². The van der Waals surface area contributed by atoms with E-state index in [1.807, 2.05) is 0 Å². The summed E-state index contributed by atoms with van der Waals surface area (Å²) in [6, 6.07) is 1.70. The lowest BCUT2D eigenvalue weighted by Crippen LogP contribution is -2.43. The number of nitrogens with one attached hydrogen (secondary N) is 1. The van der Waals surface area contributed by atoms with Gasteiger partial charge in [0.2, 0.25) is 0 Å². The zero-order valence-corrected chi connectivity index (χ0v) is 13.4. The van der Waals surface area contributed by atoms with Crippen LogP contribution in [0, 0.1) is 11.8 Å². The molecule has 5 unspecified atom stereocenters. The molecule has 0 amide bonds. The van der Waals surface area contributed by atoms with E-state index in [2.05, 4.69) is 24.0 Å². The summed E-state index contributed by atoms with van der Waals surface area (Å²) in [7, 11) is 0. The minimum atomic E-state index is 0.842. The Morgan fingerprint density at radius 3 is 2.42 bits per heavy atom. The molecule has 19 heavy (non-hydrogen) atoms. The predicted octanol–water partition coefficient (Wildman–Crippen LogP) is 4.61. The summed E-state index contributed by atoms with van der Waals surface area (Å²) in [6.07, 6.45) is 14.9. The van der Waals surface area contributed by atoms with Gasteiger partial charge in [-0.25, -0.2) is 0 Å². The SMILES string of the molecule is CCSC1CCC(NC2CCC3CCCCC3C2)C1. The van der Waals surface area contributed by atoms with Crippen molar-refractivity contribution in [2.45, 2.75) is 88.5 Å². The molecule has 2 heteroatoms. The minimum absolute atomic E-state index is 0.842. The normalized spacial score (nSPS) is 43.1. The Balaban J connectivity index is 1.43. The van der Waals surface area contributed by atoms with Crippen LogP contribution in [0.3, 0.4) is 0 Å². The minimum Gasteiger partial charge on any atom is -0.311 e. The van der Waals surface area contributed by atoms with E-state index in [1.54, 1.807) is 0 Å². The molecule has 3 fully saturated rings. The van der Waals surface area contributed by atoms with E-state index < -0.39 is 0 Å². The van der Waals surface area contributed by atoms with Crippen molar-refractivity contribution in [3.05, 3.63) is 0 Å². The fourth-order valence-electron chi connectivity index (χ4n) is 4.84. The highest BCUT2D eigenvalue weighted by Gasteiger charge is 2.34. The van der Waals surface area contributed by atoms with Crippen LogP contribution in [0.25, 0.3) is 0 Å². The third-order valence-corrected chi connectivity index (χ3v) is 7.03. The van der Waals surface area contributed by atoms with Crippen LogP contribution in [0.5, 0.6) is 0 Å². The molecule has 0 saturated heterocycles. The van der Waals surface area contributed by atoms with Crippen LogP contribution in [-0.2, 0) is 0 Å². The van der Waals surface area contributed by atoms with Crippen LogP contribution in [0.15, 0.2) is 0 Å².